The number of aromatic nitrogens is 1. The lowest BCUT2D eigenvalue weighted by atomic mass is 10.0. The number of thiazole rings is 1. The molecule has 0 N–H and O–H groups in total. The van der Waals surface area contributed by atoms with E-state index in [2.05, 4.69) is 23.2 Å². The molecular weight excluding hydrogens is 799 g/mol. The summed E-state index contributed by atoms with van der Waals surface area (Å²) in [6.45, 7) is 15.1. The molecule has 0 spiro atoms. The summed E-state index contributed by atoms with van der Waals surface area (Å²) in [7, 11) is 0. The molecule has 1 amide bonds. The summed E-state index contributed by atoms with van der Waals surface area (Å²) in [4.78, 5) is 54.5. The monoisotopic (exact) mass is 847 g/mol. The van der Waals surface area contributed by atoms with Gasteiger partial charge in [0.05, 0.1) is 35.2 Å². The second kappa shape index (κ2) is 22.1. The Hall–Kier alpha value is -6.64. The normalized spacial score (nSPS) is 11.7. The number of esters is 3. The molecule has 0 fully saturated rings. The lowest BCUT2D eigenvalue weighted by molar-refractivity contribution is -0.148. The summed E-state index contributed by atoms with van der Waals surface area (Å²) < 4.78 is 34.7. The summed E-state index contributed by atoms with van der Waals surface area (Å²) in [5, 5.41) is 6.26. The van der Waals surface area contributed by atoms with Crippen LogP contribution in [0, 0.1) is 0 Å². The van der Waals surface area contributed by atoms with Gasteiger partial charge in [0, 0.05) is 30.7 Å². The number of carbonyl (C=O) groups is 4. The number of rotatable bonds is 21. The summed E-state index contributed by atoms with van der Waals surface area (Å²) in [6, 6.07) is 26.9. The van der Waals surface area contributed by atoms with Gasteiger partial charge in [0.15, 0.2) is 6.10 Å². The number of carbonyl (C=O) groups excluding carboxylic acids is 4. The first-order valence-corrected chi connectivity index (χ1v) is 20.5. The first-order valence-electron chi connectivity index (χ1n) is 19.7. The molecule has 1 atom stereocenters. The van der Waals surface area contributed by atoms with Crippen molar-refractivity contribution in [1.29, 1.82) is 0 Å². The van der Waals surface area contributed by atoms with E-state index in [0.717, 1.165) is 39.2 Å². The Morgan fingerprint density at radius 3 is 2.21 bits per heavy atom. The van der Waals surface area contributed by atoms with Crippen LogP contribution in [0.5, 0.6) is 17.2 Å². The van der Waals surface area contributed by atoms with E-state index in [9.17, 15) is 19.2 Å². The molecule has 14 heteroatoms. The van der Waals surface area contributed by atoms with E-state index in [1.54, 1.807) is 37.3 Å². The fraction of sp³-hybridized carbons (Fsp3) is 0.277. The average molecular weight is 848 g/mol. The standard InChI is InChI=1S/C47H49N3O10S/c1-7-42(51)50(46-49-39-14-10-11-15-41(39)61-46)48-29-35-28-34(32-16-23-37(24-17-32)60-47(4,5)6)20-25-40(35)59-45(54)33-18-21-36(22-19-33)57-31-38(58-44(53)9-3)30-55-26-12-13-27-56-43(52)8-2/h8-11,14-25,28-29,38H,2-3,7,12-13,26-27,30-31H2,1,4-6H3/b48-29+. The number of anilines is 1. The molecule has 0 aliphatic heterocycles. The molecule has 13 nitrogen and oxygen atoms in total. The Balaban J connectivity index is 1.31. The van der Waals surface area contributed by atoms with Crippen LogP contribution in [0.15, 0.2) is 121 Å². The summed E-state index contributed by atoms with van der Waals surface area (Å²) in [6.07, 6.45) is 4.29. The summed E-state index contributed by atoms with van der Waals surface area (Å²) in [5.41, 5.74) is 2.76. The third-order valence-corrected chi connectivity index (χ3v) is 9.52. The van der Waals surface area contributed by atoms with E-state index < -0.39 is 24.0 Å². The molecule has 0 saturated carbocycles. The Bertz CT molecular complexity index is 2300. The van der Waals surface area contributed by atoms with E-state index in [4.69, 9.17) is 28.4 Å². The number of ether oxygens (including phenoxy) is 6. The van der Waals surface area contributed by atoms with Gasteiger partial charge in [0.1, 0.15) is 29.5 Å². The molecule has 318 valence electrons. The van der Waals surface area contributed by atoms with Gasteiger partial charge in [-0.25, -0.2) is 19.4 Å². The number of fused-ring (bicyclic) bond motifs is 1. The molecule has 1 unspecified atom stereocenters. The van der Waals surface area contributed by atoms with Gasteiger partial charge in [0.2, 0.25) is 11.0 Å². The van der Waals surface area contributed by atoms with Crippen molar-refractivity contribution in [3.05, 3.63) is 127 Å². The van der Waals surface area contributed by atoms with Crippen LogP contribution in [0.25, 0.3) is 21.3 Å². The van der Waals surface area contributed by atoms with Gasteiger partial charge < -0.3 is 28.4 Å². The predicted molar refractivity (Wildman–Crippen MR) is 235 cm³/mol. The second-order valence-electron chi connectivity index (χ2n) is 14.4. The van der Waals surface area contributed by atoms with E-state index in [0.29, 0.717) is 35.9 Å². The summed E-state index contributed by atoms with van der Waals surface area (Å²) >= 11 is 1.34. The number of hydrogen-bond donors (Lipinski definition) is 0. The minimum atomic E-state index is -0.746. The van der Waals surface area contributed by atoms with Crippen molar-refractivity contribution in [3.8, 4) is 28.4 Å². The lowest BCUT2D eigenvalue weighted by Crippen LogP contribution is -2.29. The Morgan fingerprint density at radius 2 is 1.52 bits per heavy atom. The highest BCUT2D eigenvalue weighted by molar-refractivity contribution is 7.22. The number of para-hydroxylation sites is 1. The molecule has 0 aliphatic carbocycles. The largest absolute Gasteiger partial charge is 0.490 e. The molecule has 0 saturated heterocycles. The van der Waals surface area contributed by atoms with Crippen LogP contribution < -0.4 is 19.2 Å². The van der Waals surface area contributed by atoms with Crippen LogP contribution >= 0.6 is 11.3 Å². The van der Waals surface area contributed by atoms with Crippen molar-refractivity contribution in [2.45, 2.75) is 58.7 Å². The van der Waals surface area contributed by atoms with Crippen molar-refractivity contribution in [2.75, 3.05) is 31.4 Å². The zero-order chi connectivity index (χ0) is 43.8. The number of nitrogens with zero attached hydrogens (tertiary/aromatic N) is 3. The highest BCUT2D eigenvalue weighted by atomic mass is 32.1. The number of hydrazone groups is 1. The average Bonchev–Trinajstić information content (AvgIpc) is 3.69. The van der Waals surface area contributed by atoms with Crippen molar-refractivity contribution in [1.82, 2.24) is 4.98 Å². The maximum absolute atomic E-state index is 13.6. The fourth-order valence-electron chi connectivity index (χ4n) is 5.55. The van der Waals surface area contributed by atoms with E-state index in [-0.39, 0.29) is 49.1 Å². The molecule has 4 aromatic carbocycles. The van der Waals surface area contributed by atoms with Crippen LogP contribution in [0.3, 0.4) is 0 Å². The van der Waals surface area contributed by atoms with Gasteiger partial charge in [-0.2, -0.15) is 10.1 Å². The molecule has 61 heavy (non-hydrogen) atoms. The molecule has 0 aliphatic rings. The quantitative estimate of drug-likeness (QED) is 0.0174. The van der Waals surface area contributed by atoms with Crippen molar-refractivity contribution in [3.63, 3.8) is 0 Å². The molecular formula is C47H49N3O10S. The summed E-state index contributed by atoms with van der Waals surface area (Å²) in [5.74, 6) is -0.676. The van der Waals surface area contributed by atoms with Crippen LogP contribution in [0.2, 0.25) is 0 Å². The fourth-order valence-corrected chi connectivity index (χ4v) is 6.49. The first-order chi connectivity index (χ1) is 29.3. The maximum atomic E-state index is 13.6. The lowest BCUT2D eigenvalue weighted by Gasteiger charge is -2.21. The number of amides is 1. The second-order valence-corrected chi connectivity index (χ2v) is 15.4. The Labute approximate surface area is 359 Å². The predicted octanol–water partition coefficient (Wildman–Crippen LogP) is 9.14. The minimum Gasteiger partial charge on any atom is -0.490 e. The van der Waals surface area contributed by atoms with Crippen molar-refractivity contribution in [2.24, 2.45) is 5.10 Å². The number of benzene rings is 4. The van der Waals surface area contributed by atoms with Crippen LogP contribution in [0.1, 0.15) is 62.9 Å². The third kappa shape index (κ3) is 14.0. The maximum Gasteiger partial charge on any atom is 0.343 e. The number of unbranched alkanes of at least 4 members (excludes halogenated alkanes) is 1. The van der Waals surface area contributed by atoms with Crippen LogP contribution in [-0.2, 0) is 28.6 Å². The van der Waals surface area contributed by atoms with E-state index in [1.807, 2.05) is 81.4 Å². The van der Waals surface area contributed by atoms with Gasteiger partial charge in [-0.15, -0.1) is 0 Å². The van der Waals surface area contributed by atoms with Crippen LogP contribution in [0.4, 0.5) is 5.13 Å². The molecule has 1 heterocycles. The van der Waals surface area contributed by atoms with E-state index >= 15 is 0 Å². The highest BCUT2D eigenvalue weighted by Crippen LogP contribution is 2.32. The third-order valence-electron chi connectivity index (χ3n) is 8.51. The zero-order valence-electron chi connectivity index (χ0n) is 34.7. The van der Waals surface area contributed by atoms with Gasteiger partial charge in [0.25, 0.3) is 0 Å². The Morgan fingerprint density at radius 1 is 0.836 bits per heavy atom. The van der Waals surface area contributed by atoms with Crippen molar-refractivity contribution >= 4 is 56.7 Å². The minimum absolute atomic E-state index is 0.0315. The van der Waals surface area contributed by atoms with E-state index in [1.165, 1.54) is 22.6 Å². The molecule has 0 radical (unpaired) electrons. The van der Waals surface area contributed by atoms with Gasteiger partial charge in [-0.05, 0) is 105 Å². The SMILES string of the molecule is C=CC(=O)OCCCCOCC(COc1ccc(C(=O)Oc2ccc(-c3ccc(OC(C)(C)C)cc3)cc2/C=N/N(C(=O)CC)c2nc3ccccc3s2)cc1)OC(=O)C=C. The molecule has 1 aromatic heterocycles. The molecule has 0 bridgehead atoms. The van der Waals surface area contributed by atoms with Crippen molar-refractivity contribution < 1.29 is 47.6 Å². The van der Waals surface area contributed by atoms with Gasteiger partial charge in [-0.1, -0.05) is 61.8 Å². The highest BCUT2D eigenvalue weighted by Gasteiger charge is 2.20. The van der Waals surface area contributed by atoms with Gasteiger partial charge >= 0.3 is 17.9 Å². The Kier molecular flexibility index (Phi) is 16.5. The number of hydrogen-bond acceptors (Lipinski definition) is 13. The van der Waals surface area contributed by atoms with Crippen LogP contribution in [-0.4, -0.2) is 73.1 Å². The topological polar surface area (TPSA) is 152 Å². The zero-order valence-corrected chi connectivity index (χ0v) is 35.5. The smallest absolute Gasteiger partial charge is 0.343 e. The molecule has 5 aromatic rings. The van der Waals surface area contributed by atoms with Gasteiger partial charge in [-0.3, -0.25) is 4.79 Å². The first kappa shape index (κ1) is 45.4. The molecule has 5 rings (SSSR count).